The second-order valence-corrected chi connectivity index (χ2v) is 6.02. The zero-order valence-corrected chi connectivity index (χ0v) is 12.2. The standard InChI is InChI=1S/C16H21N3O2/c1-10-9-18-5-6-19(10)16(21)14-8-13(14)11-3-2-4-12(7-11)15(17)20/h2-4,7,10,13-14,18H,5-6,8-9H2,1H3,(H2,17,20)/t10-,13+,14-/m0/s1. The number of rotatable bonds is 3. The predicted molar refractivity (Wildman–Crippen MR) is 79.9 cm³/mol. The SMILES string of the molecule is C[C@H]1CNCCN1C(=O)[C@H]1C[C@@H]1c1cccc(C(N)=O)c1. The Kier molecular flexibility index (Phi) is 3.68. The lowest BCUT2D eigenvalue weighted by atomic mass is 10.0. The number of nitrogens with one attached hydrogen (secondary N) is 1. The molecule has 0 spiro atoms. The van der Waals surface area contributed by atoms with E-state index in [-0.39, 0.29) is 23.8 Å². The second-order valence-electron chi connectivity index (χ2n) is 6.02. The summed E-state index contributed by atoms with van der Waals surface area (Å²) in [6.07, 6.45) is 0.873. The number of nitrogens with two attached hydrogens (primary N) is 1. The van der Waals surface area contributed by atoms with Crippen molar-refractivity contribution in [3.05, 3.63) is 35.4 Å². The van der Waals surface area contributed by atoms with Crippen molar-refractivity contribution in [2.75, 3.05) is 19.6 Å². The minimum atomic E-state index is -0.420. The molecule has 2 amide bonds. The van der Waals surface area contributed by atoms with Gasteiger partial charge >= 0.3 is 0 Å². The minimum Gasteiger partial charge on any atom is -0.366 e. The molecule has 1 saturated carbocycles. The summed E-state index contributed by atoms with van der Waals surface area (Å²) in [7, 11) is 0. The third-order valence-electron chi connectivity index (χ3n) is 4.49. The van der Waals surface area contributed by atoms with Gasteiger partial charge in [-0.3, -0.25) is 9.59 Å². The van der Waals surface area contributed by atoms with Gasteiger partial charge in [-0.25, -0.2) is 0 Å². The number of primary amides is 1. The van der Waals surface area contributed by atoms with Crippen LogP contribution in [0, 0.1) is 5.92 Å². The van der Waals surface area contributed by atoms with Gasteiger partial charge in [0.05, 0.1) is 0 Å². The maximum atomic E-state index is 12.6. The molecule has 112 valence electrons. The summed E-state index contributed by atoms with van der Waals surface area (Å²) in [6, 6.07) is 7.60. The average molecular weight is 287 g/mol. The Morgan fingerprint density at radius 1 is 1.38 bits per heavy atom. The smallest absolute Gasteiger partial charge is 0.248 e. The summed E-state index contributed by atoms with van der Waals surface area (Å²) in [6.45, 7) is 4.59. The number of nitrogens with zero attached hydrogens (tertiary/aromatic N) is 1. The first-order valence-electron chi connectivity index (χ1n) is 7.49. The van der Waals surface area contributed by atoms with Crippen molar-refractivity contribution in [1.82, 2.24) is 10.2 Å². The number of carbonyl (C=O) groups excluding carboxylic acids is 2. The minimum absolute atomic E-state index is 0.0636. The Morgan fingerprint density at radius 2 is 2.19 bits per heavy atom. The highest BCUT2D eigenvalue weighted by Gasteiger charge is 2.46. The van der Waals surface area contributed by atoms with Gasteiger partial charge in [0.2, 0.25) is 11.8 Å². The number of hydrogen-bond donors (Lipinski definition) is 2. The van der Waals surface area contributed by atoms with Crippen LogP contribution in [0.15, 0.2) is 24.3 Å². The van der Waals surface area contributed by atoms with Crippen LogP contribution in [0.2, 0.25) is 0 Å². The Balaban J connectivity index is 1.69. The van der Waals surface area contributed by atoms with Crippen LogP contribution in [0.1, 0.15) is 35.2 Å². The van der Waals surface area contributed by atoms with Crippen molar-refractivity contribution in [3.8, 4) is 0 Å². The van der Waals surface area contributed by atoms with Gasteiger partial charge in [-0.2, -0.15) is 0 Å². The fourth-order valence-corrected chi connectivity index (χ4v) is 3.14. The van der Waals surface area contributed by atoms with Gasteiger partial charge in [0.1, 0.15) is 0 Å². The molecule has 0 unspecified atom stereocenters. The van der Waals surface area contributed by atoms with Gasteiger partial charge < -0.3 is 16.0 Å². The molecule has 0 radical (unpaired) electrons. The topological polar surface area (TPSA) is 75.4 Å². The van der Waals surface area contributed by atoms with E-state index in [1.807, 2.05) is 23.1 Å². The maximum Gasteiger partial charge on any atom is 0.248 e. The molecular formula is C16H21N3O2. The highest BCUT2D eigenvalue weighted by atomic mass is 16.2. The zero-order chi connectivity index (χ0) is 15.0. The summed E-state index contributed by atoms with van der Waals surface area (Å²) >= 11 is 0. The van der Waals surface area contributed by atoms with Crippen LogP contribution in [-0.2, 0) is 4.79 Å². The van der Waals surface area contributed by atoms with E-state index < -0.39 is 5.91 Å². The van der Waals surface area contributed by atoms with E-state index in [2.05, 4.69) is 12.2 Å². The summed E-state index contributed by atoms with van der Waals surface area (Å²) in [5.41, 5.74) is 6.88. The molecule has 3 atom stereocenters. The lowest BCUT2D eigenvalue weighted by Crippen LogP contribution is -2.52. The molecule has 21 heavy (non-hydrogen) atoms. The summed E-state index contributed by atoms with van der Waals surface area (Å²) in [5, 5.41) is 3.30. The van der Waals surface area contributed by atoms with E-state index in [1.54, 1.807) is 6.07 Å². The van der Waals surface area contributed by atoms with Crippen LogP contribution in [-0.4, -0.2) is 42.4 Å². The van der Waals surface area contributed by atoms with E-state index in [1.165, 1.54) is 0 Å². The molecule has 5 heteroatoms. The summed E-state index contributed by atoms with van der Waals surface area (Å²) in [5.74, 6) is 0.127. The number of piperazine rings is 1. The number of hydrogen-bond acceptors (Lipinski definition) is 3. The van der Waals surface area contributed by atoms with Crippen molar-refractivity contribution in [1.29, 1.82) is 0 Å². The molecule has 3 N–H and O–H groups in total. The zero-order valence-electron chi connectivity index (χ0n) is 12.2. The largest absolute Gasteiger partial charge is 0.366 e. The van der Waals surface area contributed by atoms with Gasteiger partial charge in [0.15, 0.2) is 0 Å². The van der Waals surface area contributed by atoms with Gasteiger partial charge in [-0.15, -0.1) is 0 Å². The molecule has 1 aromatic carbocycles. The summed E-state index contributed by atoms with van der Waals surface area (Å²) < 4.78 is 0. The maximum absolute atomic E-state index is 12.6. The van der Waals surface area contributed by atoms with Crippen LogP contribution in [0.25, 0.3) is 0 Å². The van der Waals surface area contributed by atoms with Crippen molar-refractivity contribution in [3.63, 3.8) is 0 Å². The van der Waals surface area contributed by atoms with E-state index in [4.69, 9.17) is 5.73 Å². The fourth-order valence-electron chi connectivity index (χ4n) is 3.14. The van der Waals surface area contributed by atoms with Crippen LogP contribution in [0.5, 0.6) is 0 Å². The van der Waals surface area contributed by atoms with Gasteiger partial charge in [0, 0.05) is 37.2 Å². The van der Waals surface area contributed by atoms with Gasteiger partial charge in [0.25, 0.3) is 0 Å². The monoisotopic (exact) mass is 287 g/mol. The molecule has 1 aromatic rings. The van der Waals surface area contributed by atoms with Crippen molar-refractivity contribution in [2.24, 2.45) is 11.7 Å². The highest BCUT2D eigenvalue weighted by Crippen LogP contribution is 2.48. The Labute approximate surface area is 124 Å². The molecule has 0 aromatic heterocycles. The van der Waals surface area contributed by atoms with Crippen LogP contribution in [0.4, 0.5) is 0 Å². The molecule has 2 aliphatic rings. The van der Waals surface area contributed by atoms with Crippen LogP contribution in [0.3, 0.4) is 0 Å². The number of benzene rings is 1. The molecule has 0 bridgehead atoms. The Bertz CT molecular complexity index is 572. The van der Waals surface area contributed by atoms with Crippen molar-refractivity contribution >= 4 is 11.8 Å². The lowest BCUT2D eigenvalue weighted by Gasteiger charge is -2.34. The molecular weight excluding hydrogens is 266 g/mol. The molecule has 1 aliphatic heterocycles. The third kappa shape index (κ3) is 2.78. The highest BCUT2D eigenvalue weighted by molar-refractivity contribution is 5.93. The first-order chi connectivity index (χ1) is 10.1. The van der Waals surface area contributed by atoms with Crippen molar-refractivity contribution in [2.45, 2.75) is 25.3 Å². The molecule has 1 heterocycles. The predicted octanol–water partition coefficient (Wildman–Crippen LogP) is 0.709. The fraction of sp³-hybridized carbons (Fsp3) is 0.500. The van der Waals surface area contributed by atoms with Crippen LogP contribution >= 0.6 is 0 Å². The average Bonchev–Trinajstić information content (AvgIpc) is 3.28. The van der Waals surface area contributed by atoms with Crippen LogP contribution < -0.4 is 11.1 Å². The van der Waals surface area contributed by atoms with Gasteiger partial charge in [-0.1, -0.05) is 12.1 Å². The lowest BCUT2D eigenvalue weighted by molar-refractivity contribution is -0.135. The van der Waals surface area contributed by atoms with E-state index in [0.29, 0.717) is 5.56 Å². The van der Waals surface area contributed by atoms with E-state index in [9.17, 15) is 9.59 Å². The first kappa shape index (κ1) is 14.1. The number of carbonyl (C=O) groups is 2. The van der Waals surface area contributed by atoms with E-state index >= 15 is 0 Å². The Morgan fingerprint density at radius 3 is 2.90 bits per heavy atom. The normalized spacial score (nSPS) is 28.2. The molecule has 5 nitrogen and oxygen atoms in total. The van der Waals surface area contributed by atoms with Gasteiger partial charge in [-0.05, 0) is 37.0 Å². The molecule has 3 rings (SSSR count). The quantitative estimate of drug-likeness (QED) is 0.859. The first-order valence-corrected chi connectivity index (χ1v) is 7.49. The third-order valence-corrected chi connectivity index (χ3v) is 4.49. The second kappa shape index (κ2) is 5.48. The summed E-state index contributed by atoms with van der Waals surface area (Å²) in [4.78, 5) is 25.8. The van der Waals surface area contributed by atoms with Crippen molar-refractivity contribution < 1.29 is 9.59 Å². The molecule has 1 saturated heterocycles. The van der Waals surface area contributed by atoms with E-state index in [0.717, 1.165) is 31.6 Å². The Hall–Kier alpha value is -1.88. The molecule has 2 fully saturated rings. The molecule has 1 aliphatic carbocycles. The number of amides is 2.